The summed E-state index contributed by atoms with van der Waals surface area (Å²) in [6.07, 6.45) is 1.49. The highest BCUT2D eigenvalue weighted by molar-refractivity contribution is 5.67. The fourth-order valence-electron chi connectivity index (χ4n) is 2.17. The summed E-state index contributed by atoms with van der Waals surface area (Å²) < 4.78 is 9.97. The van der Waals surface area contributed by atoms with E-state index >= 15 is 0 Å². The van der Waals surface area contributed by atoms with Crippen molar-refractivity contribution in [3.05, 3.63) is 11.7 Å². The molecular formula is C12H20N4O3. The molecule has 0 unspecified atom stereocenters. The Hall–Kier alpha value is -1.63. The number of amides is 1. The number of piperidine rings is 1. The summed E-state index contributed by atoms with van der Waals surface area (Å²) in [7, 11) is 0. The van der Waals surface area contributed by atoms with Crippen LogP contribution in [0.4, 0.5) is 4.79 Å². The predicted molar refractivity (Wildman–Crippen MR) is 67.5 cm³/mol. The van der Waals surface area contributed by atoms with Crippen molar-refractivity contribution in [1.82, 2.24) is 20.4 Å². The van der Waals surface area contributed by atoms with Gasteiger partial charge in [-0.3, -0.25) is 4.90 Å². The van der Waals surface area contributed by atoms with Crippen LogP contribution in [0.1, 0.15) is 31.5 Å². The van der Waals surface area contributed by atoms with Crippen LogP contribution in [0, 0.1) is 6.92 Å². The van der Waals surface area contributed by atoms with Gasteiger partial charge in [0.2, 0.25) is 5.89 Å². The second-order valence-electron chi connectivity index (χ2n) is 4.65. The van der Waals surface area contributed by atoms with Gasteiger partial charge in [0.1, 0.15) is 0 Å². The summed E-state index contributed by atoms with van der Waals surface area (Å²) in [6, 6.07) is 0.194. The SMILES string of the molecule is CCOC(=O)NC1CCN(Cc2nc(C)no2)CC1. The topological polar surface area (TPSA) is 80.5 Å². The molecule has 0 aliphatic carbocycles. The number of carbonyl (C=O) groups is 1. The zero-order chi connectivity index (χ0) is 13.7. The molecule has 19 heavy (non-hydrogen) atoms. The first kappa shape index (κ1) is 13.8. The summed E-state index contributed by atoms with van der Waals surface area (Å²) in [5.41, 5.74) is 0. The standard InChI is InChI=1S/C12H20N4O3/c1-3-18-12(17)14-10-4-6-16(7-5-10)8-11-13-9(2)15-19-11/h10H,3-8H2,1-2H3,(H,14,17). The van der Waals surface area contributed by atoms with E-state index in [4.69, 9.17) is 9.26 Å². The van der Waals surface area contributed by atoms with Gasteiger partial charge in [-0.2, -0.15) is 4.98 Å². The van der Waals surface area contributed by atoms with Crippen molar-refractivity contribution in [3.63, 3.8) is 0 Å². The number of ether oxygens (including phenoxy) is 1. The third-order valence-electron chi connectivity index (χ3n) is 3.11. The van der Waals surface area contributed by atoms with Gasteiger partial charge in [0.05, 0.1) is 13.2 Å². The van der Waals surface area contributed by atoms with Crippen LogP contribution in [-0.4, -0.2) is 46.9 Å². The summed E-state index contributed by atoms with van der Waals surface area (Å²) >= 11 is 0. The molecule has 2 heterocycles. The lowest BCUT2D eigenvalue weighted by atomic mass is 10.1. The molecule has 0 radical (unpaired) electrons. The predicted octanol–water partition coefficient (Wildman–Crippen LogP) is 1.09. The summed E-state index contributed by atoms with van der Waals surface area (Å²) in [5, 5.41) is 6.64. The van der Waals surface area contributed by atoms with Crippen LogP contribution in [0.15, 0.2) is 4.52 Å². The van der Waals surface area contributed by atoms with Gasteiger partial charge < -0.3 is 14.6 Å². The normalized spacial score (nSPS) is 17.4. The Bertz CT molecular complexity index is 413. The van der Waals surface area contributed by atoms with Crippen LogP contribution in [0.5, 0.6) is 0 Å². The average molecular weight is 268 g/mol. The van der Waals surface area contributed by atoms with E-state index in [1.165, 1.54) is 0 Å². The van der Waals surface area contributed by atoms with E-state index < -0.39 is 0 Å². The molecule has 1 aliphatic rings. The second kappa shape index (κ2) is 6.51. The maximum absolute atomic E-state index is 11.3. The second-order valence-corrected chi connectivity index (χ2v) is 4.65. The van der Waals surface area contributed by atoms with Gasteiger partial charge in [0, 0.05) is 19.1 Å². The molecule has 1 aliphatic heterocycles. The Morgan fingerprint density at radius 2 is 2.26 bits per heavy atom. The van der Waals surface area contributed by atoms with Crippen molar-refractivity contribution >= 4 is 6.09 Å². The highest BCUT2D eigenvalue weighted by Crippen LogP contribution is 2.13. The number of nitrogens with one attached hydrogen (secondary N) is 1. The molecule has 1 aromatic rings. The molecule has 2 rings (SSSR count). The van der Waals surface area contributed by atoms with E-state index in [1.807, 2.05) is 6.92 Å². The van der Waals surface area contributed by atoms with Gasteiger partial charge in [-0.1, -0.05) is 5.16 Å². The number of aromatic nitrogens is 2. The van der Waals surface area contributed by atoms with E-state index in [0.29, 0.717) is 24.9 Å². The number of nitrogens with zero attached hydrogens (tertiary/aromatic N) is 3. The minimum atomic E-state index is -0.325. The monoisotopic (exact) mass is 268 g/mol. The Balaban J connectivity index is 1.71. The molecule has 0 aromatic carbocycles. The highest BCUT2D eigenvalue weighted by atomic mass is 16.5. The summed E-state index contributed by atoms with van der Waals surface area (Å²) in [5.74, 6) is 1.31. The molecule has 0 bridgehead atoms. The van der Waals surface area contributed by atoms with Gasteiger partial charge in [0.15, 0.2) is 5.82 Å². The maximum atomic E-state index is 11.3. The van der Waals surface area contributed by atoms with Gasteiger partial charge >= 0.3 is 6.09 Å². The molecule has 7 nitrogen and oxygen atoms in total. The molecule has 106 valence electrons. The van der Waals surface area contributed by atoms with Crippen LogP contribution in [0.3, 0.4) is 0 Å². The van der Waals surface area contributed by atoms with Crippen molar-refractivity contribution in [3.8, 4) is 0 Å². The fourth-order valence-corrected chi connectivity index (χ4v) is 2.17. The molecule has 0 spiro atoms. The molecule has 0 atom stereocenters. The quantitative estimate of drug-likeness (QED) is 0.880. The van der Waals surface area contributed by atoms with Crippen molar-refractivity contribution in [2.45, 2.75) is 39.3 Å². The van der Waals surface area contributed by atoms with Crippen LogP contribution < -0.4 is 5.32 Å². The minimum absolute atomic E-state index is 0.194. The van der Waals surface area contributed by atoms with Gasteiger partial charge in [-0.15, -0.1) is 0 Å². The summed E-state index contributed by atoms with van der Waals surface area (Å²) in [4.78, 5) is 17.7. The first-order chi connectivity index (χ1) is 9.17. The molecule has 7 heteroatoms. The van der Waals surface area contributed by atoms with Crippen molar-refractivity contribution in [2.24, 2.45) is 0 Å². The minimum Gasteiger partial charge on any atom is -0.450 e. The Morgan fingerprint density at radius 3 is 2.84 bits per heavy atom. The molecule has 1 amide bonds. The van der Waals surface area contributed by atoms with Crippen molar-refractivity contribution < 1.29 is 14.1 Å². The van der Waals surface area contributed by atoms with Crippen molar-refractivity contribution in [1.29, 1.82) is 0 Å². The number of alkyl carbamates (subject to hydrolysis) is 1. The van der Waals surface area contributed by atoms with Crippen molar-refractivity contribution in [2.75, 3.05) is 19.7 Å². The maximum Gasteiger partial charge on any atom is 0.407 e. The fraction of sp³-hybridized carbons (Fsp3) is 0.750. The zero-order valence-electron chi connectivity index (χ0n) is 11.4. The highest BCUT2D eigenvalue weighted by Gasteiger charge is 2.22. The number of rotatable bonds is 4. The largest absolute Gasteiger partial charge is 0.450 e. The Labute approximate surface area is 112 Å². The summed E-state index contributed by atoms with van der Waals surface area (Å²) in [6.45, 7) is 6.49. The third kappa shape index (κ3) is 4.20. The molecule has 1 fully saturated rings. The van der Waals surface area contributed by atoms with E-state index in [9.17, 15) is 4.79 Å². The molecule has 0 saturated carbocycles. The van der Waals surface area contributed by atoms with E-state index in [2.05, 4.69) is 20.4 Å². The number of carbonyl (C=O) groups excluding carboxylic acids is 1. The van der Waals surface area contributed by atoms with Crippen LogP contribution in [0.2, 0.25) is 0 Å². The lowest BCUT2D eigenvalue weighted by molar-refractivity contribution is 0.132. The third-order valence-corrected chi connectivity index (χ3v) is 3.11. The Morgan fingerprint density at radius 1 is 1.53 bits per heavy atom. The van der Waals surface area contributed by atoms with Crippen LogP contribution >= 0.6 is 0 Å². The number of aryl methyl sites for hydroxylation is 1. The van der Waals surface area contributed by atoms with Gasteiger partial charge in [0.25, 0.3) is 0 Å². The Kier molecular flexibility index (Phi) is 4.73. The number of hydrogen-bond donors (Lipinski definition) is 1. The molecule has 1 N–H and O–H groups in total. The first-order valence-corrected chi connectivity index (χ1v) is 6.62. The van der Waals surface area contributed by atoms with Gasteiger partial charge in [-0.25, -0.2) is 4.79 Å². The first-order valence-electron chi connectivity index (χ1n) is 6.62. The van der Waals surface area contributed by atoms with Gasteiger partial charge in [-0.05, 0) is 26.7 Å². The zero-order valence-corrected chi connectivity index (χ0v) is 11.4. The van der Waals surface area contributed by atoms with Crippen LogP contribution in [-0.2, 0) is 11.3 Å². The van der Waals surface area contributed by atoms with E-state index in [-0.39, 0.29) is 12.1 Å². The number of hydrogen-bond acceptors (Lipinski definition) is 6. The molecule has 1 saturated heterocycles. The molecule has 1 aromatic heterocycles. The number of likely N-dealkylation sites (tertiary alicyclic amines) is 1. The van der Waals surface area contributed by atoms with E-state index in [0.717, 1.165) is 25.9 Å². The van der Waals surface area contributed by atoms with E-state index in [1.54, 1.807) is 6.92 Å². The average Bonchev–Trinajstić information content (AvgIpc) is 2.78. The molecular weight excluding hydrogens is 248 g/mol. The smallest absolute Gasteiger partial charge is 0.407 e. The van der Waals surface area contributed by atoms with Crippen LogP contribution in [0.25, 0.3) is 0 Å². The lowest BCUT2D eigenvalue weighted by Gasteiger charge is -2.31. The lowest BCUT2D eigenvalue weighted by Crippen LogP contribution is -2.44.